The number of aromatic nitrogens is 8. The first-order chi connectivity index (χ1) is 44.8. The van der Waals surface area contributed by atoms with Gasteiger partial charge in [0.25, 0.3) is 0 Å². The summed E-state index contributed by atoms with van der Waals surface area (Å²) < 4.78 is 84.7. The van der Waals surface area contributed by atoms with Gasteiger partial charge in [0.2, 0.25) is 0 Å². The summed E-state index contributed by atoms with van der Waals surface area (Å²) in [7, 11) is 0. The molecule has 4 aliphatic heterocycles. The van der Waals surface area contributed by atoms with Gasteiger partial charge < -0.3 is 19.9 Å². The summed E-state index contributed by atoms with van der Waals surface area (Å²) in [6, 6.07) is 66.1. The lowest BCUT2D eigenvalue weighted by atomic mass is 10.0. The van der Waals surface area contributed by atoms with Crippen molar-refractivity contribution >= 4 is 92.7 Å². The number of alkyl halides is 6. The second kappa shape index (κ2) is 22.0. The van der Waals surface area contributed by atoms with Crippen LogP contribution in [0.5, 0.6) is 0 Å². The standard InChI is InChI=1S/C78H48F6N8/c79-77(80,81)51-25-21-49(22-26-51)73-61-33-29-53(85-61)69(45-13-5-1-6-14-45)57-37-41-65(89-57)75(66-42-38-58(90-66)70(46-15-7-2-8-16-46)54-30-34-62(73)86-54)76-67-43-39-59(91-67)71(47-17-9-3-10-18-47)55-31-35-63(87-55)74(50-23-27-52(28-24-50)78(82,83)84)64-36-32-56(88-64)72(48-19-11-4-12-20-48)60-40-44-68(76)92-60/h1-44,85,87,90,92H. The molecule has 6 aromatic heterocycles. The van der Waals surface area contributed by atoms with Gasteiger partial charge in [0.05, 0.1) is 56.7 Å². The minimum Gasteiger partial charge on any atom is -0.354 e. The fourth-order valence-corrected chi connectivity index (χ4v) is 12.8. The molecule has 16 rings (SSSR count). The molecule has 12 aromatic rings. The van der Waals surface area contributed by atoms with Gasteiger partial charge in [0.1, 0.15) is 0 Å². The molecule has 0 fully saturated rings. The van der Waals surface area contributed by atoms with Gasteiger partial charge in [-0.2, -0.15) is 26.3 Å². The number of nitrogens with one attached hydrogen (secondary N) is 4. The van der Waals surface area contributed by atoms with Crippen molar-refractivity contribution in [3.8, 4) is 77.9 Å². The van der Waals surface area contributed by atoms with Crippen molar-refractivity contribution in [2.75, 3.05) is 0 Å². The highest BCUT2D eigenvalue weighted by atomic mass is 19.4. The molecule has 16 bridgehead atoms. The molecule has 10 heterocycles. The Morgan fingerprint density at radius 3 is 0.565 bits per heavy atom. The molecule has 0 spiro atoms. The molecule has 14 heteroatoms. The zero-order chi connectivity index (χ0) is 62.2. The Bertz CT molecular complexity index is 5020. The Labute approximate surface area is 521 Å². The minimum absolute atomic E-state index is 0.539. The Hall–Kier alpha value is -11.9. The van der Waals surface area contributed by atoms with Gasteiger partial charge >= 0.3 is 12.4 Å². The van der Waals surface area contributed by atoms with Gasteiger partial charge in [0.15, 0.2) is 0 Å². The maximum absolute atomic E-state index is 14.1. The number of nitrogens with zero attached hydrogens (tertiary/aromatic N) is 4. The maximum Gasteiger partial charge on any atom is 0.416 e. The van der Waals surface area contributed by atoms with E-state index in [4.69, 9.17) is 19.9 Å². The van der Waals surface area contributed by atoms with E-state index in [-0.39, 0.29) is 0 Å². The summed E-state index contributed by atoms with van der Waals surface area (Å²) in [4.78, 5) is 37.2. The van der Waals surface area contributed by atoms with Gasteiger partial charge in [0, 0.05) is 88.6 Å². The van der Waals surface area contributed by atoms with Crippen molar-refractivity contribution in [3.63, 3.8) is 0 Å². The first-order valence-corrected chi connectivity index (χ1v) is 29.7. The van der Waals surface area contributed by atoms with Crippen LogP contribution >= 0.6 is 0 Å². The van der Waals surface area contributed by atoms with Gasteiger partial charge in [-0.05, 0) is 155 Å². The summed E-state index contributed by atoms with van der Waals surface area (Å²) in [6.07, 6.45) is 6.69. The third-order valence-corrected chi connectivity index (χ3v) is 17.0. The molecule has 4 aliphatic rings. The summed E-state index contributed by atoms with van der Waals surface area (Å²) in [5.41, 5.74) is 19.2. The molecule has 0 saturated carbocycles. The van der Waals surface area contributed by atoms with E-state index in [1.807, 2.05) is 218 Å². The Morgan fingerprint density at radius 1 is 0.196 bits per heavy atom. The van der Waals surface area contributed by atoms with Crippen LogP contribution in [0.3, 0.4) is 0 Å². The van der Waals surface area contributed by atoms with Gasteiger partial charge in [-0.3, -0.25) is 0 Å². The highest BCUT2D eigenvalue weighted by Crippen LogP contribution is 2.44. The number of hydrogen-bond donors (Lipinski definition) is 4. The van der Waals surface area contributed by atoms with Crippen molar-refractivity contribution in [3.05, 3.63) is 275 Å². The lowest BCUT2D eigenvalue weighted by molar-refractivity contribution is -0.138. The number of H-pyrrole nitrogens is 4. The van der Waals surface area contributed by atoms with Crippen LogP contribution in [-0.4, -0.2) is 39.9 Å². The van der Waals surface area contributed by atoms with Crippen LogP contribution in [0.2, 0.25) is 0 Å². The maximum atomic E-state index is 14.1. The zero-order valence-electron chi connectivity index (χ0n) is 48.5. The molecular formula is C78H48F6N8. The topological polar surface area (TPSA) is 115 Å². The monoisotopic (exact) mass is 1210 g/mol. The van der Waals surface area contributed by atoms with E-state index in [1.165, 1.54) is 24.3 Å². The summed E-state index contributed by atoms with van der Waals surface area (Å²) >= 11 is 0. The molecule has 4 N–H and O–H groups in total. The highest BCUT2D eigenvalue weighted by Gasteiger charge is 2.32. The molecular weight excluding hydrogens is 1160 g/mol. The predicted molar refractivity (Wildman–Crippen MR) is 359 cm³/mol. The first kappa shape index (κ1) is 55.4. The predicted octanol–water partition coefficient (Wildman–Crippen LogP) is 21.3. The van der Waals surface area contributed by atoms with Crippen LogP contribution in [0.15, 0.2) is 218 Å². The smallest absolute Gasteiger partial charge is 0.354 e. The van der Waals surface area contributed by atoms with Crippen LogP contribution in [0.1, 0.15) is 56.7 Å². The van der Waals surface area contributed by atoms with Crippen LogP contribution in [0, 0.1) is 0 Å². The number of aromatic amines is 4. The zero-order valence-corrected chi connectivity index (χ0v) is 48.5. The third kappa shape index (κ3) is 9.94. The molecule has 92 heavy (non-hydrogen) atoms. The fraction of sp³-hybridized carbons (Fsp3) is 0.0256. The van der Waals surface area contributed by atoms with Crippen LogP contribution in [0.25, 0.3) is 171 Å². The van der Waals surface area contributed by atoms with E-state index in [0.717, 1.165) is 79.8 Å². The van der Waals surface area contributed by atoms with Crippen molar-refractivity contribution < 1.29 is 26.3 Å². The molecule has 0 amide bonds. The molecule has 6 aromatic carbocycles. The van der Waals surface area contributed by atoms with E-state index in [1.54, 1.807) is 0 Å². The van der Waals surface area contributed by atoms with E-state index in [2.05, 4.69) is 19.9 Å². The number of hydrogen-bond acceptors (Lipinski definition) is 4. The average Bonchev–Trinajstić information content (AvgIpc) is 1.62. The van der Waals surface area contributed by atoms with Crippen LogP contribution in [-0.2, 0) is 12.4 Å². The van der Waals surface area contributed by atoms with E-state index < -0.39 is 23.5 Å². The quantitative estimate of drug-likeness (QED) is 0.119. The molecule has 442 valence electrons. The largest absolute Gasteiger partial charge is 0.416 e. The lowest BCUT2D eigenvalue weighted by Gasteiger charge is -2.09. The van der Waals surface area contributed by atoms with Crippen molar-refractivity contribution in [2.45, 2.75) is 12.4 Å². The van der Waals surface area contributed by atoms with E-state index in [0.29, 0.717) is 112 Å². The molecule has 0 saturated heterocycles. The number of halogens is 6. The molecule has 0 aliphatic carbocycles. The first-order valence-electron chi connectivity index (χ1n) is 29.7. The number of fused-ring (bicyclic) bond motifs is 16. The molecule has 0 unspecified atom stereocenters. The minimum atomic E-state index is -4.53. The lowest BCUT2D eigenvalue weighted by Crippen LogP contribution is -2.04. The van der Waals surface area contributed by atoms with Gasteiger partial charge in [-0.1, -0.05) is 146 Å². The van der Waals surface area contributed by atoms with Crippen LogP contribution < -0.4 is 0 Å². The highest BCUT2D eigenvalue weighted by molar-refractivity contribution is 6.06. The number of benzene rings is 6. The van der Waals surface area contributed by atoms with Crippen molar-refractivity contribution in [1.29, 1.82) is 0 Å². The van der Waals surface area contributed by atoms with Crippen molar-refractivity contribution in [1.82, 2.24) is 39.9 Å². The van der Waals surface area contributed by atoms with E-state index >= 15 is 0 Å². The number of rotatable bonds is 7. The Kier molecular flexibility index (Phi) is 13.2. The normalized spacial score (nSPS) is 12.7. The van der Waals surface area contributed by atoms with Gasteiger partial charge in [-0.25, -0.2) is 19.9 Å². The van der Waals surface area contributed by atoms with E-state index in [9.17, 15) is 26.3 Å². The third-order valence-electron chi connectivity index (χ3n) is 17.0. The second-order valence-corrected chi connectivity index (χ2v) is 22.6. The van der Waals surface area contributed by atoms with Crippen molar-refractivity contribution in [2.24, 2.45) is 0 Å². The summed E-state index contributed by atoms with van der Waals surface area (Å²) in [5.74, 6) is 0. The molecule has 0 radical (unpaired) electrons. The average molecular weight is 1210 g/mol. The Morgan fingerprint density at radius 2 is 0.370 bits per heavy atom. The second-order valence-electron chi connectivity index (χ2n) is 22.6. The Balaban J connectivity index is 1.05. The summed E-state index contributed by atoms with van der Waals surface area (Å²) in [6.45, 7) is 0. The molecule has 8 nitrogen and oxygen atoms in total. The SMILES string of the molecule is FC(F)(F)c1ccc(-c2c3nc(c(-c4ccccc4)c4ccc([nH]4)c(-c4c5nc(c(-c6ccccc6)c6ccc([nH]6)c(-c6ccc(C(F)(F)F)cc6)c6nc(c(-c7ccccc7)c7ccc4[nH]7)C=C6)C=C5)c4nc(c(-c5ccccc5)c5ccc2[nH]5)C=C4)C=C3)cc1. The van der Waals surface area contributed by atoms with Gasteiger partial charge in [-0.15, -0.1) is 0 Å². The summed E-state index contributed by atoms with van der Waals surface area (Å²) in [5, 5.41) is 0. The van der Waals surface area contributed by atoms with Crippen LogP contribution in [0.4, 0.5) is 26.3 Å². The fourth-order valence-electron chi connectivity index (χ4n) is 12.8. The molecule has 0 atom stereocenters.